The van der Waals surface area contributed by atoms with E-state index in [9.17, 15) is 57.5 Å². The van der Waals surface area contributed by atoms with E-state index in [1.54, 1.807) is 0 Å². The molecule has 0 bridgehead atoms. The average Bonchev–Trinajstić information content (AvgIpc) is 2.49. The van der Waals surface area contributed by atoms with Crippen LogP contribution in [0.2, 0.25) is 0 Å². The van der Waals surface area contributed by atoms with E-state index in [4.69, 9.17) is 0 Å². The van der Waals surface area contributed by atoms with Crippen molar-refractivity contribution in [3.63, 3.8) is 0 Å². The van der Waals surface area contributed by atoms with Crippen LogP contribution in [0.5, 0.6) is 0 Å². The van der Waals surface area contributed by atoms with Gasteiger partial charge in [0.25, 0.3) is 0 Å². The SMILES string of the molecule is CC(C(=O)OCC(F)(F)C(F)(F)C(F)(F)C(F)(F)C(F)(F)C(F)F)C(C)(C)C. The first-order valence-electron chi connectivity index (χ1n) is 7.32. The zero-order chi connectivity index (χ0) is 23.1. The van der Waals surface area contributed by atoms with Crippen LogP contribution in [0.25, 0.3) is 0 Å². The molecule has 0 aromatic rings. The fourth-order valence-corrected chi connectivity index (χ4v) is 1.50. The standard InChI is InChI=1S/C14H16F12O2/c1-6(9(2,3)4)7(27)28-5-10(17,18)12(21,22)14(25,26)13(23,24)11(19,20)8(15)16/h6,8H,5H2,1-4H3. The van der Waals surface area contributed by atoms with Gasteiger partial charge in [-0.3, -0.25) is 4.79 Å². The van der Waals surface area contributed by atoms with Crippen LogP contribution in [-0.2, 0) is 9.53 Å². The summed E-state index contributed by atoms with van der Waals surface area (Å²) in [6.45, 7) is 2.35. The zero-order valence-electron chi connectivity index (χ0n) is 14.7. The van der Waals surface area contributed by atoms with Gasteiger partial charge < -0.3 is 4.74 Å². The predicted octanol–water partition coefficient (Wildman–Crippen LogP) is 5.65. The molecule has 0 N–H and O–H groups in total. The molecule has 0 saturated carbocycles. The van der Waals surface area contributed by atoms with Gasteiger partial charge in [0, 0.05) is 0 Å². The molecule has 0 heterocycles. The van der Waals surface area contributed by atoms with E-state index in [2.05, 4.69) is 4.74 Å². The number of ether oxygens (including phenoxy) is 1. The Morgan fingerprint density at radius 1 is 0.786 bits per heavy atom. The van der Waals surface area contributed by atoms with Gasteiger partial charge in [0.15, 0.2) is 6.61 Å². The van der Waals surface area contributed by atoms with Gasteiger partial charge in [0.2, 0.25) is 0 Å². The third-order valence-corrected chi connectivity index (χ3v) is 3.99. The average molecular weight is 444 g/mol. The Labute approximate surface area is 151 Å². The summed E-state index contributed by atoms with van der Waals surface area (Å²) in [7, 11) is 0. The second kappa shape index (κ2) is 7.47. The molecule has 0 aromatic heterocycles. The molecular formula is C14H16F12O2. The highest BCUT2D eigenvalue weighted by atomic mass is 19.4. The molecular weight excluding hydrogens is 428 g/mol. The molecule has 0 fully saturated rings. The highest BCUT2D eigenvalue weighted by Crippen LogP contribution is 2.58. The van der Waals surface area contributed by atoms with Crippen LogP contribution in [0.15, 0.2) is 0 Å². The third-order valence-electron chi connectivity index (χ3n) is 3.99. The van der Waals surface area contributed by atoms with E-state index in [0.29, 0.717) is 0 Å². The van der Waals surface area contributed by atoms with Gasteiger partial charge in [-0.15, -0.1) is 0 Å². The number of halogens is 12. The summed E-state index contributed by atoms with van der Waals surface area (Å²) in [4.78, 5) is 11.5. The van der Waals surface area contributed by atoms with Crippen molar-refractivity contribution in [2.45, 2.75) is 63.7 Å². The molecule has 0 spiro atoms. The second-order valence-corrected chi connectivity index (χ2v) is 7.05. The van der Waals surface area contributed by atoms with Crippen molar-refractivity contribution in [2.24, 2.45) is 11.3 Å². The second-order valence-electron chi connectivity index (χ2n) is 7.05. The van der Waals surface area contributed by atoms with Crippen LogP contribution in [0.1, 0.15) is 27.7 Å². The van der Waals surface area contributed by atoms with Crippen molar-refractivity contribution < 1.29 is 62.2 Å². The zero-order valence-corrected chi connectivity index (χ0v) is 14.7. The number of hydrogen-bond donors (Lipinski definition) is 0. The van der Waals surface area contributed by atoms with Crippen molar-refractivity contribution in [2.75, 3.05) is 6.61 Å². The molecule has 1 unspecified atom stereocenters. The summed E-state index contributed by atoms with van der Waals surface area (Å²) >= 11 is 0. The van der Waals surface area contributed by atoms with Gasteiger partial charge in [0.05, 0.1) is 5.92 Å². The molecule has 28 heavy (non-hydrogen) atoms. The van der Waals surface area contributed by atoms with Gasteiger partial charge in [-0.25, -0.2) is 8.78 Å². The number of carbonyl (C=O) groups is 1. The molecule has 0 saturated heterocycles. The van der Waals surface area contributed by atoms with Crippen LogP contribution in [0, 0.1) is 11.3 Å². The van der Waals surface area contributed by atoms with Crippen molar-refractivity contribution >= 4 is 5.97 Å². The van der Waals surface area contributed by atoms with E-state index in [1.807, 2.05) is 0 Å². The first-order chi connectivity index (χ1) is 12.0. The summed E-state index contributed by atoms with van der Waals surface area (Å²) < 4.78 is 159. The summed E-state index contributed by atoms with van der Waals surface area (Å²) in [6, 6.07) is 0. The first kappa shape index (κ1) is 26.6. The minimum atomic E-state index is -7.63. The maximum atomic E-state index is 13.5. The number of hydrogen-bond acceptors (Lipinski definition) is 2. The van der Waals surface area contributed by atoms with Gasteiger partial charge in [-0.05, 0) is 5.41 Å². The summed E-state index contributed by atoms with van der Waals surface area (Å²) in [5.74, 6) is -38.7. The molecule has 14 heteroatoms. The number of esters is 1. The van der Waals surface area contributed by atoms with Gasteiger partial charge >= 0.3 is 42.0 Å². The highest BCUT2D eigenvalue weighted by Gasteiger charge is 2.87. The van der Waals surface area contributed by atoms with Crippen LogP contribution >= 0.6 is 0 Å². The lowest BCUT2D eigenvalue weighted by Gasteiger charge is -2.39. The Bertz CT molecular complexity index is 565. The van der Waals surface area contributed by atoms with Crippen molar-refractivity contribution in [1.29, 1.82) is 0 Å². The highest BCUT2D eigenvalue weighted by molar-refractivity contribution is 5.72. The lowest BCUT2D eigenvalue weighted by atomic mass is 9.82. The summed E-state index contributed by atoms with van der Waals surface area (Å²) in [5, 5.41) is 0. The monoisotopic (exact) mass is 444 g/mol. The minimum absolute atomic E-state index is 0.967. The van der Waals surface area contributed by atoms with Crippen LogP contribution in [-0.4, -0.2) is 48.6 Å². The molecule has 2 nitrogen and oxygen atoms in total. The molecule has 0 aliphatic heterocycles. The lowest BCUT2D eigenvalue weighted by Crippen LogP contribution is -2.69. The van der Waals surface area contributed by atoms with Crippen molar-refractivity contribution in [3.8, 4) is 0 Å². The maximum Gasteiger partial charge on any atom is 0.384 e. The minimum Gasteiger partial charge on any atom is -0.459 e. The van der Waals surface area contributed by atoms with Crippen molar-refractivity contribution in [1.82, 2.24) is 0 Å². The molecule has 1 atom stereocenters. The maximum absolute atomic E-state index is 13.5. The Hall–Kier alpha value is -1.37. The molecule has 0 aliphatic carbocycles. The number of alkyl halides is 12. The predicted molar refractivity (Wildman–Crippen MR) is 70.3 cm³/mol. The smallest absolute Gasteiger partial charge is 0.384 e. The van der Waals surface area contributed by atoms with E-state index >= 15 is 0 Å². The largest absolute Gasteiger partial charge is 0.459 e. The first-order valence-corrected chi connectivity index (χ1v) is 7.32. The fourth-order valence-electron chi connectivity index (χ4n) is 1.50. The Balaban J connectivity index is 5.79. The molecule has 0 rings (SSSR count). The Kier molecular flexibility index (Phi) is 7.10. The Morgan fingerprint density at radius 2 is 1.18 bits per heavy atom. The van der Waals surface area contributed by atoms with Crippen LogP contribution in [0.4, 0.5) is 52.7 Å². The normalized spacial score (nSPS) is 16.3. The molecule has 0 amide bonds. The van der Waals surface area contributed by atoms with Crippen LogP contribution < -0.4 is 0 Å². The van der Waals surface area contributed by atoms with Gasteiger partial charge in [-0.1, -0.05) is 27.7 Å². The fraction of sp³-hybridized carbons (Fsp3) is 0.929. The molecule has 168 valence electrons. The Morgan fingerprint density at radius 3 is 1.50 bits per heavy atom. The summed E-state index contributed by atoms with van der Waals surface area (Å²) in [6.07, 6.45) is -5.57. The topological polar surface area (TPSA) is 26.3 Å². The van der Waals surface area contributed by atoms with E-state index in [1.165, 1.54) is 20.8 Å². The summed E-state index contributed by atoms with van der Waals surface area (Å²) in [5.41, 5.74) is -0.967. The van der Waals surface area contributed by atoms with Gasteiger partial charge in [-0.2, -0.15) is 43.9 Å². The van der Waals surface area contributed by atoms with Gasteiger partial charge in [0.1, 0.15) is 0 Å². The molecule has 0 aromatic carbocycles. The number of carbonyl (C=O) groups excluding carboxylic acids is 1. The quantitative estimate of drug-likeness (QED) is 0.357. The third kappa shape index (κ3) is 4.29. The van der Waals surface area contributed by atoms with E-state index < -0.39 is 59.9 Å². The van der Waals surface area contributed by atoms with Crippen LogP contribution in [0.3, 0.4) is 0 Å². The lowest BCUT2D eigenvalue weighted by molar-refractivity contribution is -0.414. The van der Waals surface area contributed by atoms with E-state index in [0.717, 1.165) is 6.92 Å². The van der Waals surface area contributed by atoms with Crippen molar-refractivity contribution in [3.05, 3.63) is 0 Å². The number of rotatable bonds is 8. The van der Waals surface area contributed by atoms with E-state index in [-0.39, 0.29) is 0 Å². The molecule has 0 aliphatic rings. The molecule has 0 radical (unpaired) electrons.